The SMILES string of the molecule is C/C(=C\C=C(/C)C1=NN(C)C(N)C1C)CN. The van der Waals surface area contributed by atoms with E-state index in [1.54, 1.807) is 0 Å². The second kappa shape index (κ2) is 5.27. The van der Waals surface area contributed by atoms with Gasteiger partial charge < -0.3 is 11.5 Å². The zero-order valence-electron chi connectivity index (χ0n) is 10.6. The highest BCUT2D eigenvalue weighted by atomic mass is 15.5. The average Bonchev–Trinajstić information content (AvgIpc) is 2.53. The monoisotopic (exact) mass is 222 g/mol. The third-order valence-corrected chi connectivity index (χ3v) is 2.98. The summed E-state index contributed by atoms with van der Waals surface area (Å²) in [7, 11) is 1.91. The van der Waals surface area contributed by atoms with Gasteiger partial charge in [0.25, 0.3) is 0 Å². The summed E-state index contributed by atoms with van der Waals surface area (Å²) in [6.07, 6.45) is 4.08. The molecule has 0 aromatic carbocycles. The minimum atomic E-state index is -0.0158. The van der Waals surface area contributed by atoms with Crippen LogP contribution in [0.3, 0.4) is 0 Å². The van der Waals surface area contributed by atoms with E-state index in [0.29, 0.717) is 6.54 Å². The van der Waals surface area contributed by atoms with Gasteiger partial charge in [-0.1, -0.05) is 24.6 Å². The largest absolute Gasteiger partial charge is 0.327 e. The predicted molar refractivity (Wildman–Crippen MR) is 68.9 cm³/mol. The molecule has 0 saturated carbocycles. The Kier molecular flexibility index (Phi) is 4.26. The van der Waals surface area contributed by atoms with Gasteiger partial charge in [-0.05, 0) is 19.4 Å². The Balaban J connectivity index is 2.83. The minimum Gasteiger partial charge on any atom is -0.327 e. The minimum absolute atomic E-state index is 0.0158. The molecule has 90 valence electrons. The summed E-state index contributed by atoms with van der Waals surface area (Å²) < 4.78 is 0. The topological polar surface area (TPSA) is 67.6 Å². The van der Waals surface area contributed by atoms with E-state index in [-0.39, 0.29) is 12.1 Å². The fourth-order valence-electron chi connectivity index (χ4n) is 1.67. The van der Waals surface area contributed by atoms with Crippen molar-refractivity contribution in [3.63, 3.8) is 0 Å². The van der Waals surface area contributed by atoms with E-state index in [1.165, 1.54) is 0 Å². The summed E-state index contributed by atoms with van der Waals surface area (Å²) in [6.45, 7) is 6.76. The molecular weight excluding hydrogens is 200 g/mol. The first-order valence-corrected chi connectivity index (χ1v) is 5.58. The van der Waals surface area contributed by atoms with Gasteiger partial charge in [0.15, 0.2) is 0 Å². The van der Waals surface area contributed by atoms with Crippen molar-refractivity contribution in [2.75, 3.05) is 13.6 Å². The molecule has 1 aliphatic heterocycles. The quantitative estimate of drug-likeness (QED) is 0.702. The van der Waals surface area contributed by atoms with Crippen LogP contribution in [-0.4, -0.2) is 30.5 Å². The maximum absolute atomic E-state index is 5.98. The lowest BCUT2D eigenvalue weighted by Gasteiger charge is -2.17. The van der Waals surface area contributed by atoms with Crippen molar-refractivity contribution in [3.05, 3.63) is 23.3 Å². The molecule has 0 spiro atoms. The van der Waals surface area contributed by atoms with Crippen molar-refractivity contribution in [2.45, 2.75) is 26.9 Å². The molecule has 4 heteroatoms. The van der Waals surface area contributed by atoms with E-state index in [0.717, 1.165) is 16.9 Å². The second-order valence-electron chi connectivity index (χ2n) is 4.40. The molecule has 0 aromatic rings. The number of hydrazone groups is 1. The molecule has 0 saturated heterocycles. The molecular formula is C12H22N4. The Labute approximate surface area is 97.7 Å². The van der Waals surface area contributed by atoms with Crippen LogP contribution < -0.4 is 11.5 Å². The molecule has 2 atom stereocenters. The van der Waals surface area contributed by atoms with Crippen molar-refractivity contribution in [3.8, 4) is 0 Å². The molecule has 4 nitrogen and oxygen atoms in total. The van der Waals surface area contributed by atoms with Gasteiger partial charge in [0, 0.05) is 19.5 Å². The summed E-state index contributed by atoms with van der Waals surface area (Å²) >= 11 is 0. The van der Waals surface area contributed by atoms with Crippen LogP contribution in [0.1, 0.15) is 20.8 Å². The van der Waals surface area contributed by atoms with Crippen LogP contribution in [0.25, 0.3) is 0 Å². The first-order valence-electron chi connectivity index (χ1n) is 5.58. The van der Waals surface area contributed by atoms with E-state index >= 15 is 0 Å². The zero-order chi connectivity index (χ0) is 12.3. The molecule has 1 rings (SSSR count). The summed E-state index contributed by atoms with van der Waals surface area (Å²) in [5, 5.41) is 6.27. The van der Waals surface area contributed by atoms with Crippen molar-refractivity contribution in [1.82, 2.24) is 5.01 Å². The van der Waals surface area contributed by atoms with Crippen molar-refractivity contribution in [1.29, 1.82) is 0 Å². The maximum Gasteiger partial charge on any atom is 0.102 e. The number of rotatable bonds is 3. The highest BCUT2D eigenvalue weighted by Crippen LogP contribution is 2.20. The fraction of sp³-hybridized carbons (Fsp3) is 0.583. The van der Waals surface area contributed by atoms with Crippen molar-refractivity contribution in [2.24, 2.45) is 22.5 Å². The van der Waals surface area contributed by atoms with E-state index in [4.69, 9.17) is 11.5 Å². The lowest BCUT2D eigenvalue weighted by molar-refractivity contribution is 0.259. The number of hydrogen-bond donors (Lipinski definition) is 2. The van der Waals surface area contributed by atoms with Crippen LogP contribution in [0.2, 0.25) is 0 Å². The predicted octanol–water partition coefficient (Wildman–Crippen LogP) is 1.06. The normalized spacial score (nSPS) is 27.4. The Hall–Kier alpha value is -1.13. The van der Waals surface area contributed by atoms with Gasteiger partial charge in [-0.15, -0.1) is 0 Å². The summed E-state index contributed by atoms with van der Waals surface area (Å²) in [5.74, 6) is 0.271. The molecule has 1 aliphatic rings. The van der Waals surface area contributed by atoms with Crippen LogP contribution >= 0.6 is 0 Å². The summed E-state index contributed by atoms with van der Waals surface area (Å²) in [6, 6.07) is 0. The van der Waals surface area contributed by atoms with Crippen LogP contribution in [0, 0.1) is 5.92 Å². The third-order valence-electron chi connectivity index (χ3n) is 2.98. The van der Waals surface area contributed by atoms with Gasteiger partial charge in [-0.25, -0.2) is 0 Å². The lowest BCUT2D eigenvalue weighted by Crippen LogP contribution is -2.37. The van der Waals surface area contributed by atoms with E-state index in [2.05, 4.69) is 25.0 Å². The molecule has 0 aromatic heterocycles. The molecule has 0 amide bonds. The van der Waals surface area contributed by atoms with Crippen molar-refractivity contribution < 1.29 is 0 Å². The van der Waals surface area contributed by atoms with E-state index < -0.39 is 0 Å². The third kappa shape index (κ3) is 2.71. The highest BCUT2D eigenvalue weighted by Gasteiger charge is 2.29. The summed E-state index contributed by atoms with van der Waals surface area (Å²) in [4.78, 5) is 0. The van der Waals surface area contributed by atoms with Gasteiger partial charge in [0.1, 0.15) is 6.17 Å². The number of nitrogens with zero attached hydrogens (tertiary/aromatic N) is 2. The molecule has 0 fully saturated rings. The Bertz CT molecular complexity index is 341. The summed E-state index contributed by atoms with van der Waals surface area (Å²) in [5.41, 5.74) is 14.9. The zero-order valence-corrected chi connectivity index (χ0v) is 10.6. The Morgan fingerprint density at radius 3 is 2.50 bits per heavy atom. The number of hydrogen-bond acceptors (Lipinski definition) is 4. The van der Waals surface area contributed by atoms with Crippen LogP contribution in [0.15, 0.2) is 28.4 Å². The van der Waals surface area contributed by atoms with Gasteiger partial charge >= 0.3 is 0 Å². The van der Waals surface area contributed by atoms with Gasteiger partial charge in [0.05, 0.1) is 5.71 Å². The van der Waals surface area contributed by atoms with Crippen molar-refractivity contribution >= 4 is 5.71 Å². The highest BCUT2D eigenvalue weighted by molar-refractivity contribution is 6.02. The Morgan fingerprint density at radius 2 is 2.06 bits per heavy atom. The average molecular weight is 222 g/mol. The first kappa shape index (κ1) is 12.9. The fourth-order valence-corrected chi connectivity index (χ4v) is 1.67. The van der Waals surface area contributed by atoms with Crippen LogP contribution in [0.5, 0.6) is 0 Å². The van der Waals surface area contributed by atoms with E-state index in [9.17, 15) is 0 Å². The molecule has 16 heavy (non-hydrogen) atoms. The second-order valence-corrected chi connectivity index (χ2v) is 4.40. The molecule has 0 radical (unpaired) electrons. The van der Waals surface area contributed by atoms with Gasteiger partial charge in [-0.3, -0.25) is 5.01 Å². The maximum atomic E-state index is 5.98. The van der Waals surface area contributed by atoms with Gasteiger partial charge in [-0.2, -0.15) is 5.10 Å². The molecule has 2 unspecified atom stereocenters. The molecule has 1 heterocycles. The first-order chi connectivity index (χ1) is 7.47. The van der Waals surface area contributed by atoms with E-state index in [1.807, 2.05) is 25.1 Å². The van der Waals surface area contributed by atoms with Gasteiger partial charge in [0.2, 0.25) is 0 Å². The van der Waals surface area contributed by atoms with Crippen LogP contribution in [-0.2, 0) is 0 Å². The molecule has 4 N–H and O–H groups in total. The van der Waals surface area contributed by atoms with Crippen LogP contribution in [0.4, 0.5) is 0 Å². The lowest BCUT2D eigenvalue weighted by atomic mass is 9.97. The molecule has 0 bridgehead atoms. The number of allylic oxidation sites excluding steroid dienone is 3. The molecule has 0 aliphatic carbocycles. The standard InChI is InChI=1S/C12H22N4/c1-8(7-13)5-6-9(2)11-10(3)12(14)16(4)15-11/h5-6,10,12H,7,13-14H2,1-4H3/b8-5+,9-6+. The Morgan fingerprint density at radius 1 is 1.44 bits per heavy atom. The number of nitrogens with two attached hydrogens (primary N) is 2. The smallest absolute Gasteiger partial charge is 0.102 e.